The lowest BCUT2D eigenvalue weighted by Gasteiger charge is -2.25. The van der Waals surface area contributed by atoms with Crippen LogP contribution < -0.4 is 0 Å². The lowest BCUT2D eigenvalue weighted by Crippen LogP contribution is -2.32. The fraction of sp³-hybridized carbons (Fsp3) is 0.150. The summed E-state index contributed by atoms with van der Waals surface area (Å²) in [5.41, 5.74) is 1.27. The van der Waals surface area contributed by atoms with E-state index in [1.165, 1.54) is 54.6 Å². The average Bonchev–Trinajstić information content (AvgIpc) is 2.99. The van der Waals surface area contributed by atoms with Crippen LogP contribution in [0.25, 0.3) is 11.6 Å². The number of carbonyl (C=O) groups excluding carboxylic acids is 1. The van der Waals surface area contributed by atoms with E-state index in [1.54, 1.807) is 0 Å². The van der Waals surface area contributed by atoms with E-state index in [2.05, 4.69) is 0 Å². The van der Waals surface area contributed by atoms with Gasteiger partial charge >= 0.3 is 0 Å². The molecule has 0 radical (unpaired) electrons. The molecule has 26 heavy (non-hydrogen) atoms. The number of ketones is 1. The van der Waals surface area contributed by atoms with Crippen molar-refractivity contribution < 1.29 is 28.2 Å². The predicted molar refractivity (Wildman–Crippen MR) is 89.5 cm³/mol. The molecule has 2 aromatic rings. The molecule has 1 N–H and O–H groups in total. The maximum absolute atomic E-state index is 13.2. The van der Waals surface area contributed by atoms with E-state index < -0.39 is 29.6 Å². The van der Waals surface area contributed by atoms with Crippen molar-refractivity contribution in [1.29, 1.82) is 0 Å². The standard InChI is InChI=1S/C20H14F2O4/c21-13-5-1-11(2-6-13)9-16-18(24)17(12-3-7-14(22)8-4-12)20-19(26-16)15(23)10-25-20/h1-9,15,19,23H,10H2/b16-9-/t15-,19-/m1/s1. The van der Waals surface area contributed by atoms with Crippen LogP contribution in [0.2, 0.25) is 0 Å². The number of fused-ring (bicyclic) bond motifs is 1. The van der Waals surface area contributed by atoms with Gasteiger partial charge in [-0.1, -0.05) is 24.3 Å². The van der Waals surface area contributed by atoms with Crippen LogP contribution in [0.3, 0.4) is 0 Å². The van der Waals surface area contributed by atoms with Crippen molar-refractivity contribution in [1.82, 2.24) is 0 Å². The zero-order valence-electron chi connectivity index (χ0n) is 13.5. The van der Waals surface area contributed by atoms with E-state index in [1.807, 2.05) is 0 Å². The topological polar surface area (TPSA) is 55.8 Å². The van der Waals surface area contributed by atoms with E-state index >= 15 is 0 Å². The molecule has 2 aromatic carbocycles. The van der Waals surface area contributed by atoms with Crippen molar-refractivity contribution >= 4 is 17.4 Å². The number of aliphatic hydroxyl groups is 1. The molecule has 0 spiro atoms. The molecule has 0 bridgehead atoms. The van der Waals surface area contributed by atoms with Crippen molar-refractivity contribution in [3.63, 3.8) is 0 Å². The molecule has 4 nitrogen and oxygen atoms in total. The maximum Gasteiger partial charge on any atom is 0.231 e. The lowest BCUT2D eigenvalue weighted by molar-refractivity contribution is -0.116. The highest BCUT2D eigenvalue weighted by atomic mass is 19.1. The quantitative estimate of drug-likeness (QED) is 0.841. The second-order valence-corrected chi connectivity index (χ2v) is 6.05. The van der Waals surface area contributed by atoms with Gasteiger partial charge in [-0.25, -0.2) is 8.78 Å². The molecule has 6 heteroatoms. The van der Waals surface area contributed by atoms with Gasteiger partial charge in [0.15, 0.2) is 17.6 Å². The number of rotatable bonds is 2. The van der Waals surface area contributed by atoms with Crippen LogP contribution in [0, 0.1) is 11.6 Å². The Morgan fingerprint density at radius 2 is 1.62 bits per heavy atom. The number of hydrogen-bond donors (Lipinski definition) is 1. The van der Waals surface area contributed by atoms with Gasteiger partial charge in [-0.15, -0.1) is 0 Å². The molecule has 2 aliphatic heterocycles. The molecular weight excluding hydrogens is 342 g/mol. The number of carbonyl (C=O) groups is 1. The highest BCUT2D eigenvalue weighted by Gasteiger charge is 2.44. The molecule has 0 unspecified atom stereocenters. The summed E-state index contributed by atoms with van der Waals surface area (Å²) < 4.78 is 37.4. The van der Waals surface area contributed by atoms with Crippen LogP contribution >= 0.6 is 0 Å². The summed E-state index contributed by atoms with van der Waals surface area (Å²) in [6, 6.07) is 11.0. The van der Waals surface area contributed by atoms with Crippen molar-refractivity contribution in [3.8, 4) is 0 Å². The highest BCUT2D eigenvalue weighted by Crippen LogP contribution is 2.38. The van der Waals surface area contributed by atoms with Gasteiger partial charge < -0.3 is 14.6 Å². The Labute approximate surface area is 148 Å². The minimum absolute atomic E-state index is 0.00179. The summed E-state index contributed by atoms with van der Waals surface area (Å²) in [4.78, 5) is 13.0. The normalized spacial score (nSPS) is 23.7. The van der Waals surface area contributed by atoms with E-state index in [4.69, 9.17) is 9.47 Å². The van der Waals surface area contributed by atoms with Crippen LogP contribution in [0.5, 0.6) is 0 Å². The third-order valence-electron chi connectivity index (χ3n) is 4.27. The summed E-state index contributed by atoms with van der Waals surface area (Å²) in [5.74, 6) is -1.01. The molecule has 1 fully saturated rings. The monoisotopic (exact) mass is 356 g/mol. The van der Waals surface area contributed by atoms with Crippen molar-refractivity contribution in [3.05, 3.63) is 82.8 Å². The predicted octanol–water partition coefficient (Wildman–Crippen LogP) is 3.08. The summed E-state index contributed by atoms with van der Waals surface area (Å²) in [5, 5.41) is 10.1. The maximum atomic E-state index is 13.2. The Hall–Kier alpha value is -2.99. The first kappa shape index (κ1) is 16.5. The van der Waals surface area contributed by atoms with Gasteiger partial charge in [-0.2, -0.15) is 0 Å². The summed E-state index contributed by atoms with van der Waals surface area (Å²) in [6.07, 6.45) is -0.266. The van der Waals surface area contributed by atoms with Gasteiger partial charge in [0, 0.05) is 0 Å². The van der Waals surface area contributed by atoms with Gasteiger partial charge in [-0.3, -0.25) is 4.79 Å². The van der Waals surface area contributed by atoms with Crippen molar-refractivity contribution in [2.75, 3.05) is 6.61 Å². The van der Waals surface area contributed by atoms with Crippen LogP contribution in [0.4, 0.5) is 8.78 Å². The van der Waals surface area contributed by atoms with Gasteiger partial charge in [0.1, 0.15) is 24.3 Å². The fourth-order valence-electron chi connectivity index (χ4n) is 2.99. The van der Waals surface area contributed by atoms with Crippen LogP contribution in [0.1, 0.15) is 11.1 Å². The highest BCUT2D eigenvalue weighted by molar-refractivity contribution is 6.30. The molecule has 2 atom stereocenters. The molecule has 2 aliphatic rings. The SMILES string of the molecule is O=C1C(c2ccc(F)cc2)=C2OC[C@@H](O)[C@H]2O/C1=C\c1ccc(F)cc1. The second-order valence-electron chi connectivity index (χ2n) is 6.05. The molecule has 0 aliphatic carbocycles. The summed E-state index contributed by atoms with van der Waals surface area (Å²) in [7, 11) is 0. The third-order valence-corrected chi connectivity index (χ3v) is 4.27. The zero-order chi connectivity index (χ0) is 18.3. The van der Waals surface area contributed by atoms with Crippen LogP contribution in [-0.2, 0) is 14.3 Å². The van der Waals surface area contributed by atoms with Crippen LogP contribution in [0.15, 0.2) is 60.0 Å². The first-order chi connectivity index (χ1) is 12.5. The molecular formula is C20H14F2O4. The van der Waals surface area contributed by atoms with E-state index in [0.717, 1.165) is 0 Å². The smallest absolute Gasteiger partial charge is 0.231 e. The zero-order valence-corrected chi connectivity index (χ0v) is 13.5. The molecule has 0 saturated carbocycles. The third kappa shape index (κ3) is 2.88. The largest absolute Gasteiger partial charge is 0.490 e. The molecule has 2 heterocycles. The number of allylic oxidation sites excluding steroid dienone is 1. The van der Waals surface area contributed by atoms with E-state index in [9.17, 15) is 18.7 Å². The van der Waals surface area contributed by atoms with Gasteiger partial charge in [0.25, 0.3) is 0 Å². The molecule has 0 amide bonds. The number of benzene rings is 2. The number of aliphatic hydroxyl groups excluding tert-OH is 1. The average molecular weight is 356 g/mol. The Balaban J connectivity index is 1.80. The Bertz CT molecular complexity index is 914. The van der Waals surface area contributed by atoms with Crippen LogP contribution in [-0.4, -0.2) is 29.7 Å². The number of hydrogen-bond acceptors (Lipinski definition) is 4. The van der Waals surface area contributed by atoms with Crippen molar-refractivity contribution in [2.45, 2.75) is 12.2 Å². The summed E-state index contributed by atoms with van der Waals surface area (Å²) >= 11 is 0. The molecule has 4 rings (SSSR count). The Morgan fingerprint density at radius 1 is 1.00 bits per heavy atom. The first-order valence-corrected chi connectivity index (χ1v) is 8.02. The molecule has 1 saturated heterocycles. The Kier molecular flexibility index (Phi) is 4.05. The van der Waals surface area contributed by atoms with E-state index in [0.29, 0.717) is 11.1 Å². The minimum Gasteiger partial charge on any atom is -0.490 e. The lowest BCUT2D eigenvalue weighted by atomic mass is 9.93. The number of Topliss-reactive ketones (excluding diaryl/α,β-unsaturated/α-hetero) is 1. The van der Waals surface area contributed by atoms with Gasteiger partial charge in [0.05, 0.1) is 5.57 Å². The number of halogens is 2. The van der Waals surface area contributed by atoms with Gasteiger partial charge in [0.2, 0.25) is 5.78 Å². The first-order valence-electron chi connectivity index (χ1n) is 8.02. The second kappa shape index (κ2) is 6.38. The minimum atomic E-state index is -0.926. The van der Waals surface area contributed by atoms with E-state index in [-0.39, 0.29) is 23.7 Å². The summed E-state index contributed by atoms with van der Waals surface area (Å²) in [6.45, 7) is 0.00179. The number of ether oxygens (including phenoxy) is 2. The van der Waals surface area contributed by atoms with Gasteiger partial charge in [-0.05, 0) is 41.5 Å². The van der Waals surface area contributed by atoms with Crippen molar-refractivity contribution in [2.24, 2.45) is 0 Å². The molecule has 0 aromatic heterocycles. The fourth-order valence-corrected chi connectivity index (χ4v) is 2.99. The Morgan fingerprint density at radius 3 is 2.27 bits per heavy atom. The molecule has 132 valence electrons.